The van der Waals surface area contributed by atoms with Crippen molar-refractivity contribution in [2.45, 2.75) is 27.7 Å². The van der Waals surface area contributed by atoms with Crippen LogP contribution < -0.4 is 0 Å². The van der Waals surface area contributed by atoms with Gasteiger partial charge in [0.05, 0.1) is 22.8 Å². The largest absolute Gasteiger partial charge is 0.252 e. The highest BCUT2D eigenvalue weighted by Crippen LogP contribution is 2.20. The van der Waals surface area contributed by atoms with E-state index >= 15 is 0 Å². The molecule has 0 heterocycles. The number of benzene rings is 2. The second-order valence-corrected chi connectivity index (χ2v) is 4.97. The number of aliphatic imine (C=N–C) groups is 2. The van der Waals surface area contributed by atoms with Crippen LogP contribution in [0.1, 0.15) is 25.0 Å². The van der Waals surface area contributed by atoms with E-state index in [4.69, 9.17) is 0 Å². The molecular weight excluding hydrogens is 244 g/mol. The van der Waals surface area contributed by atoms with Gasteiger partial charge < -0.3 is 0 Å². The molecule has 0 bridgehead atoms. The maximum absolute atomic E-state index is 4.67. The number of hydrogen-bond donors (Lipinski definition) is 0. The van der Waals surface area contributed by atoms with E-state index in [1.165, 1.54) is 11.1 Å². The summed E-state index contributed by atoms with van der Waals surface area (Å²) in [7, 11) is 0. The van der Waals surface area contributed by atoms with Crippen LogP contribution >= 0.6 is 0 Å². The van der Waals surface area contributed by atoms with E-state index in [9.17, 15) is 0 Å². The van der Waals surface area contributed by atoms with Crippen LogP contribution in [0.2, 0.25) is 0 Å². The van der Waals surface area contributed by atoms with Gasteiger partial charge in [0, 0.05) is 0 Å². The van der Waals surface area contributed by atoms with Gasteiger partial charge in [-0.1, -0.05) is 36.4 Å². The third-order valence-electron chi connectivity index (χ3n) is 3.33. The first kappa shape index (κ1) is 14.2. The zero-order chi connectivity index (χ0) is 14.5. The maximum atomic E-state index is 4.67. The molecule has 2 rings (SSSR count). The molecule has 2 heteroatoms. The first-order valence-electron chi connectivity index (χ1n) is 6.80. The summed E-state index contributed by atoms with van der Waals surface area (Å²) in [6.45, 7) is 8.15. The molecule has 0 aromatic heterocycles. The third kappa shape index (κ3) is 3.41. The summed E-state index contributed by atoms with van der Waals surface area (Å²) < 4.78 is 0. The van der Waals surface area contributed by atoms with E-state index in [1.54, 1.807) is 0 Å². The summed E-state index contributed by atoms with van der Waals surface area (Å²) in [6, 6.07) is 16.3. The molecule has 102 valence electrons. The molecule has 2 aromatic rings. The van der Waals surface area contributed by atoms with Crippen LogP contribution in [0.3, 0.4) is 0 Å². The van der Waals surface area contributed by atoms with Crippen LogP contribution in [-0.4, -0.2) is 11.4 Å². The fourth-order valence-corrected chi connectivity index (χ4v) is 1.90. The molecule has 0 radical (unpaired) electrons. The molecule has 2 nitrogen and oxygen atoms in total. The fourth-order valence-electron chi connectivity index (χ4n) is 1.90. The van der Waals surface area contributed by atoms with Gasteiger partial charge in [0.1, 0.15) is 0 Å². The van der Waals surface area contributed by atoms with Gasteiger partial charge in [0.25, 0.3) is 0 Å². The van der Waals surface area contributed by atoms with Crippen LogP contribution in [0.5, 0.6) is 0 Å². The summed E-state index contributed by atoms with van der Waals surface area (Å²) in [5, 5.41) is 0. The first-order valence-corrected chi connectivity index (χ1v) is 6.80. The Morgan fingerprint density at radius 1 is 0.650 bits per heavy atom. The van der Waals surface area contributed by atoms with E-state index in [1.807, 2.05) is 50.2 Å². The standard InChI is InChI=1S/C18H20N2/c1-13-9-5-7-11-17(13)19-15(3)16(4)20-18-12-8-6-10-14(18)2/h5-12H,1-4H3. The van der Waals surface area contributed by atoms with Crippen LogP contribution in [0.15, 0.2) is 58.5 Å². The van der Waals surface area contributed by atoms with Gasteiger partial charge in [-0.3, -0.25) is 9.98 Å². The van der Waals surface area contributed by atoms with Gasteiger partial charge in [-0.25, -0.2) is 0 Å². The maximum Gasteiger partial charge on any atom is 0.0662 e. The molecular formula is C18H20N2. The average molecular weight is 264 g/mol. The Balaban J connectivity index is 2.32. The molecule has 2 aromatic carbocycles. The zero-order valence-electron chi connectivity index (χ0n) is 12.5. The second-order valence-electron chi connectivity index (χ2n) is 4.97. The molecule has 0 saturated heterocycles. The Kier molecular flexibility index (Phi) is 4.46. The highest BCUT2D eigenvalue weighted by Gasteiger charge is 2.01. The van der Waals surface area contributed by atoms with Gasteiger partial charge in [-0.15, -0.1) is 0 Å². The molecule has 20 heavy (non-hydrogen) atoms. The molecule has 0 fully saturated rings. The molecule has 0 N–H and O–H groups in total. The summed E-state index contributed by atoms with van der Waals surface area (Å²) in [6.07, 6.45) is 0. The lowest BCUT2D eigenvalue weighted by molar-refractivity contribution is 1.38. The molecule has 0 unspecified atom stereocenters. The Morgan fingerprint density at radius 2 is 1.00 bits per heavy atom. The van der Waals surface area contributed by atoms with Crippen molar-refractivity contribution in [3.63, 3.8) is 0 Å². The molecule has 0 atom stereocenters. The number of aryl methyl sites for hydroxylation is 2. The lowest BCUT2D eigenvalue weighted by Crippen LogP contribution is -2.04. The van der Waals surface area contributed by atoms with Crippen LogP contribution in [-0.2, 0) is 0 Å². The predicted octanol–water partition coefficient (Wildman–Crippen LogP) is 5.19. The smallest absolute Gasteiger partial charge is 0.0662 e. The van der Waals surface area contributed by atoms with Crippen LogP contribution in [0.4, 0.5) is 11.4 Å². The van der Waals surface area contributed by atoms with Crippen molar-refractivity contribution in [3.8, 4) is 0 Å². The zero-order valence-corrected chi connectivity index (χ0v) is 12.5. The second kappa shape index (κ2) is 6.29. The van der Waals surface area contributed by atoms with Crippen molar-refractivity contribution < 1.29 is 0 Å². The van der Waals surface area contributed by atoms with E-state index in [2.05, 4.69) is 36.0 Å². The fraction of sp³-hybridized carbons (Fsp3) is 0.222. The van der Waals surface area contributed by atoms with Gasteiger partial charge in [0.15, 0.2) is 0 Å². The molecule has 0 aliphatic heterocycles. The summed E-state index contributed by atoms with van der Waals surface area (Å²) >= 11 is 0. The third-order valence-corrected chi connectivity index (χ3v) is 3.33. The van der Waals surface area contributed by atoms with Crippen molar-refractivity contribution in [2.75, 3.05) is 0 Å². The normalized spacial score (nSPS) is 12.6. The Hall–Kier alpha value is -2.22. The highest BCUT2D eigenvalue weighted by atomic mass is 14.8. The molecule has 0 saturated carbocycles. The Labute approximate surface area is 120 Å². The lowest BCUT2D eigenvalue weighted by Gasteiger charge is -2.05. The minimum Gasteiger partial charge on any atom is -0.252 e. The molecule has 0 spiro atoms. The van der Waals surface area contributed by atoms with Gasteiger partial charge in [0.2, 0.25) is 0 Å². The number of para-hydroxylation sites is 2. The summed E-state index contributed by atoms with van der Waals surface area (Å²) in [5.74, 6) is 0. The number of hydrogen-bond acceptors (Lipinski definition) is 2. The topological polar surface area (TPSA) is 24.7 Å². The first-order chi connectivity index (χ1) is 9.58. The van der Waals surface area contributed by atoms with Crippen molar-refractivity contribution in [1.29, 1.82) is 0 Å². The molecule has 0 aliphatic rings. The van der Waals surface area contributed by atoms with Crippen molar-refractivity contribution in [3.05, 3.63) is 59.7 Å². The summed E-state index contributed by atoms with van der Waals surface area (Å²) in [5.41, 5.74) is 6.25. The molecule has 0 aliphatic carbocycles. The monoisotopic (exact) mass is 264 g/mol. The average Bonchev–Trinajstić information content (AvgIpc) is 2.43. The van der Waals surface area contributed by atoms with E-state index in [0.29, 0.717) is 0 Å². The Morgan fingerprint density at radius 3 is 1.35 bits per heavy atom. The number of nitrogens with zero attached hydrogens (tertiary/aromatic N) is 2. The predicted molar refractivity (Wildman–Crippen MR) is 87.9 cm³/mol. The minimum atomic E-state index is 0.947. The van der Waals surface area contributed by atoms with Gasteiger partial charge >= 0.3 is 0 Å². The summed E-state index contributed by atoms with van der Waals surface area (Å²) in [4.78, 5) is 9.34. The van der Waals surface area contributed by atoms with Gasteiger partial charge in [-0.05, 0) is 51.0 Å². The Bertz CT molecular complexity index is 607. The number of rotatable bonds is 3. The molecule has 0 amide bonds. The van der Waals surface area contributed by atoms with E-state index in [0.717, 1.165) is 22.8 Å². The highest BCUT2D eigenvalue weighted by molar-refractivity contribution is 6.41. The van der Waals surface area contributed by atoms with Crippen molar-refractivity contribution in [2.24, 2.45) is 9.98 Å². The SMILES string of the molecule is CC(=Nc1ccccc1C)C(C)=Nc1ccccc1C. The quantitative estimate of drug-likeness (QED) is 0.682. The van der Waals surface area contributed by atoms with Crippen LogP contribution in [0, 0.1) is 13.8 Å². The lowest BCUT2D eigenvalue weighted by atomic mass is 10.2. The van der Waals surface area contributed by atoms with Gasteiger partial charge in [-0.2, -0.15) is 0 Å². The van der Waals surface area contributed by atoms with Crippen molar-refractivity contribution >= 4 is 22.8 Å². The van der Waals surface area contributed by atoms with E-state index in [-0.39, 0.29) is 0 Å². The minimum absolute atomic E-state index is 0.947. The van der Waals surface area contributed by atoms with Crippen LogP contribution in [0.25, 0.3) is 0 Å². The van der Waals surface area contributed by atoms with E-state index < -0.39 is 0 Å². The van der Waals surface area contributed by atoms with Crippen molar-refractivity contribution in [1.82, 2.24) is 0 Å².